The SMILES string of the molecule is O=C(O)c1ccnc(/C=C/c2cn(-c3ccccc3)nc2-c2ccccc2)c1. The van der Waals surface area contributed by atoms with Crippen LogP contribution in [0.4, 0.5) is 0 Å². The minimum absolute atomic E-state index is 0.206. The first-order chi connectivity index (χ1) is 13.7. The molecule has 0 amide bonds. The van der Waals surface area contributed by atoms with Gasteiger partial charge in [-0.05, 0) is 36.4 Å². The number of hydrogen-bond acceptors (Lipinski definition) is 3. The van der Waals surface area contributed by atoms with E-state index in [9.17, 15) is 4.79 Å². The molecule has 0 bridgehead atoms. The molecular formula is C23H17N3O2. The Labute approximate surface area is 162 Å². The van der Waals surface area contributed by atoms with E-state index in [0.717, 1.165) is 22.5 Å². The molecule has 5 heteroatoms. The third kappa shape index (κ3) is 3.73. The lowest BCUT2D eigenvalue weighted by atomic mass is 10.1. The molecule has 2 aromatic heterocycles. The van der Waals surface area contributed by atoms with Crippen LogP contribution in [0.5, 0.6) is 0 Å². The number of benzene rings is 2. The number of para-hydroxylation sites is 1. The summed E-state index contributed by atoms with van der Waals surface area (Å²) in [5.74, 6) is -0.973. The molecule has 0 saturated carbocycles. The van der Waals surface area contributed by atoms with Crippen molar-refractivity contribution in [2.45, 2.75) is 0 Å². The van der Waals surface area contributed by atoms with Crippen LogP contribution < -0.4 is 0 Å². The maximum Gasteiger partial charge on any atom is 0.335 e. The number of nitrogens with zero attached hydrogens (tertiary/aromatic N) is 3. The molecule has 0 radical (unpaired) electrons. The van der Waals surface area contributed by atoms with Gasteiger partial charge in [0.25, 0.3) is 0 Å². The van der Waals surface area contributed by atoms with Crippen molar-refractivity contribution >= 4 is 18.1 Å². The minimum atomic E-state index is -0.973. The highest BCUT2D eigenvalue weighted by Gasteiger charge is 2.10. The van der Waals surface area contributed by atoms with E-state index in [2.05, 4.69) is 4.98 Å². The third-order valence-electron chi connectivity index (χ3n) is 4.27. The number of hydrogen-bond donors (Lipinski definition) is 1. The summed E-state index contributed by atoms with van der Waals surface area (Å²) in [5, 5.41) is 13.9. The summed E-state index contributed by atoms with van der Waals surface area (Å²) in [6, 6.07) is 22.8. The van der Waals surface area contributed by atoms with E-state index in [4.69, 9.17) is 10.2 Å². The Morgan fingerprint density at radius 2 is 1.64 bits per heavy atom. The van der Waals surface area contributed by atoms with Crippen LogP contribution >= 0.6 is 0 Å². The fourth-order valence-electron chi connectivity index (χ4n) is 2.89. The van der Waals surface area contributed by atoms with Gasteiger partial charge in [0.15, 0.2) is 0 Å². The first kappa shape index (κ1) is 17.4. The molecule has 4 rings (SSSR count). The number of rotatable bonds is 5. The number of carboxylic acids is 1. The highest BCUT2D eigenvalue weighted by molar-refractivity contribution is 5.88. The molecule has 136 valence electrons. The Bertz CT molecular complexity index is 1130. The van der Waals surface area contributed by atoms with Crippen molar-refractivity contribution in [3.63, 3.8) is 0 Å². The van der Waals surface area contributed by atoms with Gasteiger partial charge in [0.1, 0.15) is 0 Å². The summed E-state index contributed by atoms with van der Waals surface area (Å²) >= 11 is 0. The van der Waals surface area contributed by atoms with Crippen molar-refractivity contribution in [2.75, 3.05) is 0 Å². The lowest BCUT2D eigenvalue weighted by Crippen LogP contribution is -1.96. The van der Waals surface area contributed by atoms with Crippen LogP contribution in [0, 0.1) is 0 Å². The fraction of sp³-hybridized carbons (Fsp3) is 0. The van der Waals surface area contributed by atoms with Crippen molar-refractivity contribution in [2.24, 2.45) is 0 Å². The van der Waals surface area contributed by atoms with Gasteiger partial charge in [-0.2, -0.15) is 5.10 Å². The number of aromatic carboxylic acids is 1. The summed E-state index contributed by atoms with van der Waals surface area (Å²) in [5.41, 5.74) is 4.51. The molecule has 4 aromatic rings. The predicted octanol–water partition coefficient (Wildman–Crippen LogP) is 4.80. The number of carboxylic acid groups (broad SMARTS) is 1. The Kier molecular flexibility index (Phi) is 4.80. The second kappa shape index (κ2) is 7.72. The Morgan fingerprint density at radius 1 is 0.929 bits per heavy atom. The highest BCUT2D eigenvalue weighted by Crippen LogP contribution is 2.25. The highest BCUT2D eigenvalue weighted by atomic mass is 16.4. The number of carbonyl (C=O) groups is 1. The predicted molar refractivity (Wildman–Crippen MR) is 109 cm³/mol. The van der Waals surface area contributed by atoms with E-state index in [0.29, 0.717) is 5.69 Å². The maximum atomic E-state index is 11.2. The third-order valence-corrected chi connectivity index (χ3v) is 4.27. The number of pyridine rings is 1. The van der Waals surface area contributed by atoms with Gasteiger partial charge in [-0.3, -0.25) is 4.98 Å². The molecule has 1 N–H and O–H groups in total. The summed E-state index contributed by atoms with van der Waals surface area (Å²) in [6.07, 6.45) is 7.15. The lowest BCUT2D eigenvalue weighted by molar-refractivity contribution is 0.0696. The maximum absolute atomic E-state index is 11.2. The fourth-order valence-corrected chi connectivity index (χ4v) is 2.89. The van der Waals surface area contributed by atoms with Gasteiger partial charge in [0, 0.05) is 23.5 Å². The minimum Gasteiger partial charge on any atom is -0.478 e. The van der Waals surface area contributed by atoms with Gasteiger partial charge in [-0.15, -0.1) is 0 Å². The van der Waals surface area contributed by atoms with Crippen LogP contribution in [-0.4, -0.2) is 25.8 Å². The van der Waals surface area contributed by atoms with E-state index < -0.39 is 5.97 Å². The van der Waals surface area contributed by atoms with Crippen LogP contribution in [0.3, 0.4) is 0 Å². The van der Waals surface area contributed by atoms with Crippen LogP contribution in [0.1, 0.15) is 21.6 Å². The average molecular weight is 367 g/mol. The quantitative estimate of drug-likeness (QED) is 0.550. The molecule has 0 aliphatic heterocycles. The van der Waals surface area contributed by atoms with Gasteiger partial charge in [0.05, 0.1) is 22.6 Å². The zero-order chi connectivity index (χ0) is 19.3. The van der Waals surface area contributed by atoms with Gasteiger partial charge in [-0.1, -0.05) is 48.5 Å². The monoisotopic (exact) mass is 367 g/mol. The normalized spacial score (nSPS) is 11.0. The molecule has 0 unspecified atom stereocenters. The van der Waals surface area contributed by atoms with Crippen molar-refractivity contribution in [3.8, 4) is 16.9 Å². The van der Waals surface area contributed by atoms with E-state index in [1.54, 1.807) is 12.1 Å². The summed E-state index contributed by atoms with van der Waals surface area (Å²) < 4.78 is 1.84. The second-order valence-electron chi connectivity index (χ2n) is 6.19. The Balaban J connectivity index is 1.76. The van der Waals surface area contributed by atoms with Crippen LogP contribution in [0.2, 0.25) is 0 Å². The molecule has 0 aliphatic rings. The van der Waals surface area contributed by atoms with Gasteiger partial charge in [-0.25, -0.2) is 9.48 Å². The summed E-state index contributed by atoms with van der Waals surface area (Å²) in [4.78, 5) is 15.4. The number of aromatic nitrogens is 3. The topological polar surface area (TPSA) is 68.0 Å². The molecule has 0 aliphatic carbocycles. The molecule has 2 aromatic carbocycles. The summed E-state index contributed by atoms with van der Waals surface area (Å²) in [7, 11) is 0. The average Bonchev–Trinajstić information content (AvgIpc) is 3.18. The molecule has 28 heavy (non-hydrogen) atoms. The zero-order valence-electron chi connectivity index (χ0n) is 14.9. The van der Waals surface area contributed by atoms with E-state index >= 15 is 0 Å². The standard InChI is InChI=1S/C23H17N3O2/c27-23(28)18-13-14-24-20(15-18)12-11-19-16-26(21-9-5-2-6-10-21)25-22(19)17-7-3-1-4-8-17/h1-16H,(H,27,28)/b12-11+. The molecule has 0 saturated heterocycles. The van der Waals surface area contributed by atoms with Crippen molar-refractivity contribution in [1.82, 2.24) is 14.8 Å². The lowest BCUT2D eigenvalue weighted by Gasteiger charge is -2.00. The molecular weight excluding hydrogens is 350 g/mol. The second-order valence-corrected chi connectivity index (χ2v) is 6.19. The molecule has 0 spiro atoms. The van der Waals surface area contributed by atoms with Gasteiger partial charge in [0.2, 0.25) is 0 Å². The first-order valence-corrected chi connectivity index (χ1v) is 8.79. The van der Waals surface area contributed by atoms with Crippen LogP contribution in [0.25, 0.3) is 29.1 Å². The molecule has 2 heterocycles. The zero-order valence-corrected chi connectivity index (χ0v) is 14.9. The smallest absolute Gasteiger partial charge is 0.335 e. The molecule has 0 fully saturated rings. The van der Waals surface area contributed by atoms with Gasteiger partial charge < -0.3 is 5.11 Å². The van der Waals surface area contributed by atoms with Crippen LogP contribution in [-0.2, 0) is 0 Å². The first-order valence-electron chi connectivity index (χ1n) is 8.79. The summed E-state index contributed by atoms with van der Waals surface area (Å²) in [6.45, 7) is 0. The van der Waals surface area contributed by atoms with E-state index in [-0.39, 0.29) is 5.56 Å². The van der Waals surface area contributed by atoms with E-state index in [1.165, 1.54) is 12.3 Å². The molecule has 5 nitrogen and oxygen atoms in total. The Morgan fingerprint density at radius 3 is 2.36 bits per heavy atom. The Hall–Kier alpha value is -3.99. The van der Waals surface area contributed by atoms with E-state index in [1.807, 2.05) is 77.6 Å². The largest absolute Gasteiger partial charge is 0.478 e. The van der Waals surface area contributed by atoms with Crippen molar-refractivity contribution in [3.05, 3.63) is 102 Å². The van der Waals surface area contributed by atoms with Crippen LogP contribution in [0.15, 0.2) is 85.2 Å². The molecule has 0 atom stereocenters. The van der Waals surface area contributed by atoms with Gasteiger partial charge >= 0.3 is 5.97 Å². The van der Waals surface area contributed by atoms with Crippen molar-refractivity contribution < 1.29 is 9.90 Å². The van der Waals surface area contributed by atoms with Crippen molar-refractivity contribution in [1.29, 1.82) is 0 Å².